The quantitative estimate of drug-likeness (QED) is 0.436. The van der Waals surface area contributed by atoms with E-state index in [1.807, 2.05) is 25.1 Å². The Bertz CT molecular complexity index is 1400. The van der Waals surface area contributed by atoms with Crippen LogP contribution in [0.1, 0.15) is 21.7 Å². The molecular weight excluding hydrogens is 382 g/mol. The van der Waals surface area contributed by atoms with Gasteiger partial charge in [-0.3, -0.25) is 9.89 Å². The molecule has 0 aliphatic carbocycles. The van der Waals surface area contributed by atoms with E-state index < -0.39 is 0 Å². The lowest BCUT2D eigenvalue weighted by molar-refractivity contribution is 0.103. The van der Waals surface area contributed by atoms with Gasteiger partial charge in [0.05, 0.1) is 12.6 Å². The number of hydrogen-bond donors (Lipinski definition) is 2. The first-order chi connectivity index (χ1) is 14.6. The third kappa shape index (κ3) is 3.02. The number of pyridine rings is 2. The highest BCUT2D eigenvalue weighted by Gasteiger charge is 2.16. The molecule has 5 aromatic rings. The van der Waals surface area contributed by atoms with Gasteiger partial charge in [0.1, 0.15) is 5.69 Å². The number of benzene rings is 1. The number of aromatic nitrogens is 6. The van der Waals surface area contributed by atoms with Crippen LogP contribution in [-0.4, -0.2) is 42.7 Å². The Kier molecular flexibility index (Phi) is 4.13. The molecule has 0 aliphatic heterocycles. The molecule has 148 valence electrons. The van der Waals surface area contributed by atoms with Crippen LogP contribution in [0.2, 0.25) is 0 Å². The smallest absolute Gasteiger partial charge is 0.247 e. The molecule has 0 unspecified atom stereocenters. The minimum atomic E-state index is -0.203. The fraction of sp³-hybridized carbons (Fsp3) is 0.0952. The van der Waals surface area contributed by atoms with Crippen molar-refractivity contribution in [2.75, 3.05) is 12.4 Å². The Morgan fingerprint density at radius 1 is 1.17 bits per heavy atom. The van der Waals surface area contributed by atoms with Crippen molar-refractivity contribution in [3.05, 3.63) is 71.7 Å². The van der Waals surface area contributed by atoms with E-state index in [4.69, 9.17) is 4.74 Å². The van der Waals surface area contributed by atoms with E-state index in [9.17, 15) is 4.79 Å². The molecule has 30 heavy (non-hydrogen) atoms. The second-order valence-corrected chi connectivity index (χ2v) is 6.74. The molecule has 2 N–H and O–H groups in total. The number of nitrogens with one attached hydrogen (secondary N) is 2. The molecule has 4 heterocycles. The third-order valence-corrected chi connectivity index (χ3v) is 4.80. The van der Waals surface area contributed by atoms with Crippen molar-refractivity contribution in [3.8, 4) is 5.88 Å². The predicted octanol–water partition coefficient (Wildman–Crippen LogP) is 3.29. The maximum Gasteiger partial charge on any atom is 0.247 e. The van der Waals surface area contributed by atoms with Gasteiger partial charge >= 0.3 is 0 Å². The first kappa shape index (κ1) is 17.8. The molecule has 0 radical (unpaired) electrons. The molecule has 0 saturated carbocycles. The number of anilines is 2. The highest BCUT2D eigenvalue weighted by molar-refractivity contribution is 6.08. The number of aryl methyl sites for hydroxylation is 1. The van der Waals surface area contributed by atoms with Crippen LogP contribution in [0.15, 0.2) is 54.7 Å². The van der Waals surface area contributed by atoms with Crippen LogP contribution in [0.3, 0.4) is 0 Å². The summed E-state index contributed by atoms with van der Waals surface area (Å²) in [7, 11) is 1.51. The van der Waals surface area contributed by atoms with Crippen molar-refractivity contribution in [3.63, 3.8) is 0 Å². The molecule has 0 bridgehead atoms. The van der Waals surface area contributed by atoms with E-state index in [2.05, 4.69) is 30.6 Å². The average molecular weight is 399 g/mol. The van der Waals surface area contributed by atoms with Gasteiger partial charge in [0.2, 0.25) is 17.6 Å². The van der Waals surface area contributed by atoms with E-state index >= 15 is 0 Å². The van der Waals surface area contributed by atoms with Crippen molar-refractivity contribution < 1.29 is 9.53 Å². The molecule has 4 aromatic heterocycles. The number of aromatic amines is 1. The Labute approximate surface area is 170 Å². The first-order valence-corrected chi connectivity index (χ1v) is 9.24. The van der Waals surface area contributed by atoms with Crippen LogP contribution in [-0.2, 0) is 0 Å². The standard InChI is InChI=1S/C21H17N7O2/c1-12-15-7-6-14(11-16(15)26-25-12)23-21-24-18-5-3-4-17(28(18)27-21)20(29)13-8-9-22-19(10-13)30-2/h3-11H,1-2H3,(H,23,27)(H,25,26). The summed E-state index contributed by atoms with van der Waals surface area (Å²) in [4.78, 5) is 21.6. The zero-order valence-corrected chi connectivity index (χ0v) is 16.2. The number of nitrogens with zero attached hydrogens (tertiary/aromatic N) is 5. The second kappa shape index (κ2) is 6.96. The maximum atomic E-state index is 13.0. The second-order valence-electron chi connectivity index (χ2n) is 6.74. The number of carbonyl (C=O) groups is 1. The van der Waals surface area contributed by atoms with Gasteiger partial charge in [0.15, 0.2) is 5.65 Å². The highest BCUT2D eigenvalue weighted by atomic mass is 16.5. The lowest BCUT2D eigenvalue weighted by Gasteiger charge is -2.05. The Morgan fingerprint density at radius 2 is 2.07 bits per heavy atom. The first-order valence-electron chi connectivity index (χ1n) is 9.24. The van der Waals surface area contributed by atoms with E-state index in [0.29, 0.717) is 28.7 Å². The molecule has 0 spiro atoms. The predicted molar refractivity (Wildman–Crippen MR) is 111 cm³/mol. The minimum absolute atomic E-state index is 0.203. The molecule has 1 aromatic carbocycles. The van der Waals surface area contributed by atoms with E-state index in [-0.39, 0.29) is 5.78 Å². The zero-order valence-electron chi connectivity index (χ0n) is 16.2. The summed E-state index contributed by atoms with van der Waals surface area (Å²) < 4.78 is 6.64. The van der Waals surface area contributed by atoms with Gasteiger partial charge in [-0.05, 0) is 43.3 Å². The molecule has 0 saturated heterocycles. The summed E-state index contributed by atoms with van der Waals surface area (Å²) in [6.45, 7) is 1.98. The van der Waals surface area contributed by atoms with Gasteiger partial charge < -0.3 is 10.1 Å². The number of ketones is 1. The Balaban J connectivity index is 1.50. The molecule has 9 heteroatoms. The number of fused-ring (bicyclic) bond motifs is 2. The van der Waals surface area contributed by atoms with Gasteiger partial charge in [-0.2, -0.15) is 10.1 Å². The molecular formula is C21H17N7O2. The minimum Gasteiger partial charge on any atom is -0.481 e. The van der Waals surface area contributed by atoms with Crippen LogP contribution in [0.25, 0.3) is 16.6 Å². The number of rotatable bonds is 5. The monoisotopic (exact) mass is 399 g/mol. The van der Waals surface area contributed by atoms with Crippen LogP contribution in [0, 0.1) is 6.92 Å². The van der Waals surface area contributed by atoms with Crippen molar-refractivity contribution >= 4 is 34.0 Å². The van der Waals surface area contributed by atoms with Crippen LogP contribution >= 0.6 is 0 Å². The van der Waals surface area contributed by atoms with Crippen LogP contribution in [0.4, 0.5) is 11.6 Å². The van der Waals surface area contributed by atoms with Gasteiger partial charge in [0.25, 0.3) is 0 Å². The van der Waals surface area contributed by atoms with Crippen molar-refractivity contribution in [2.45, 2.75) is 6.92 Å². The molecule has 5 rings (SSSR count). The van der Waals surface area contributed by atoms with Crippen LogP contribution in [0.5, 0.6) is 5.88 Å². The lowest BCUT2D eigenvalue weighted by Crippen LogP contribution is -2.09. The fourth-order valence-corrected chi connectivity index (χ4v) is 3.29. The summed E-state index contributed by atoms with van der Waals surface area (Å²) in [6, 6.07) is 14.3. The lowest BCUT2D eigenvalue weighted by atomic mass is 10.1. The fourth-order valence-electron chi connectivity index (χ4n) is 3.29. The Hall–Kier alpha value is -4.27. The number of methoxy groups -OCH3 is 1. The zero-order chi connectivity index (χ0) is 20.7. The SMILES string of the molecule is COc1cc(C(=O)c2cccc3nc(Nc4ccc5c(C)[nH]nc5c4)nn23)ccn1. The number of hydrogen-bond acceptors (Lipinski definition) is 7. The molecule has 0 atom stereocenters. The summed E-state index contributed by atoms with van der Waals surface area (Å²) in [6.07, 6.45) is 1.54. The van der Waals surface area contributed by atoms with Crippen molar-refractivity contribution in [1.29, 1.82) is 0 Å². The number of H-pyrrole nitrogens is 1. The molecule has 0 fully saturated rings. The Morgan fingerprint density at radius 3 is 2.93 bits per heavy atom. The molecule has 9 nitrogen and oxygen atoms in total. The van der Waals surface area contributed by atoms with Gasteiger partial charge in [0, 0.05) is 34.6 Å². The average Bonchev–Trinajstić information content (AvgIpc) is 3.35. The topological polar surface area (TPSA) is 110 Å². The van der Waals surface area contributed by atoms with Crippen molar-refractivity contribution in [1.82, 2.24) is 29.8 Å². The molecule has 0 amide bonds. The van der Waals surface area contributed by atoms with Gasteiger partial charge in [-0.1, -0.05) is 6.07 Å². The van der Waals surface area contributed by atoms with E-state index in [1.54, 1.807) is 30.3 Å². The maximum absolute atomic E-state index is 13.0. The summed E-state index contributed by atoms with van der Waals surface area (Å²) in [5.74, 6) is 0.554. The third-order valence-electron chi connectivity index (χ3n) is 4.80. The highest BCUT2D eigenvalue weighted by Crippen LogP contribution is 2.22. The largest absolute Gasteiger partial charge is 0.481 e. The van der Waals surface area contributed by atoms with Crippen molar-refractivity contribution in [2.24, 2.45) is 0 Å². The summed E-state index contributed by atoms with van der Waals surface area (Å²) >= 11 is 0. The number of ether oxygens (including phenoxy) is 1. The summed E-state index contributed by atoms with van der Waals surface area (Å²) in [5.41, 5.74) is 4.07. The normalized spacial score (nSPS) is 11.1. The van der Waals surface area contributed by atoms with Crippen LogP contribution < -0.4 is 10.1 Å². The van der Waals surface area contributed by atoms with E-state index in [0.717, 1.165) is 22.3 Å². The summed E-state index contributed by atoms with van der Waals surface area (Å²) in [5, 5.41) is 16.0. The number of carbonyl (C=O) groups excluding carboxylic acids is 1. The van der Waals surface area contributed by atoms with Gasteiger partial charge in [-0.15, -0.1) is 5.10 Å². The van der Waals surface area contributed by atoms with E-state index in [1.165, 1.54) is 17.8 Å². The van der Waals surface area contributed by atoms with Gasteiger partial charge in [-0.25, -0.2) is 9.50 Å². The molecule has 0 aliphatic rings.